The number of hydrogen-bond donors (Lipinski definition) is 0. The van der Waals surface area contributed by atoms with Crippen molar-refractivity contribution in [2.45, 2.75) is 0 Å². The summed E-state index contributed by atoms with van der Waals surface area (Å²) in [4.78, 5) is 12.6. The van der Waals surface area contributed by atoms with Gasteiger partial charge in [0.1, 0.15) is 11.2 Å². The van der Waals surface area contributed by atoms with Gasteiger partial charge >= 0.3 is 0 Å². The number of hydrogen-bond acceptors (Lipinski definition) is 4. The maximum absolute atomic E-state index is 6.74. The number of benzene rings is 8. The van der Waals surface area contributed by atoms with E-state index in [2.05, 4.69) is 157 Å². The van der Waals surface area contributed by atoms with Crippen molar-refractivity contribution in [2.75, 3.05) is 4.90 Å². The van der Waals surface area contributed by atoms with Crippen LogP contribution in [0.25, 0.3) is 77.7 Å². The highest BCUT2D eigenvalue weighted by Gasteiger charge is 2.20. The van der Waals surface area contributed by atoms with Crippen LogP contribution in [0, 0.1) is 0 Å². The van der Waals surface area contributed by atoms with Gasteiger partial charge in [0.15, 0.2) is 5.82 Å². The lowest BCUT2D eigenvalue weighted by Crippen LogP contribution is -2.09. The molecule has 0 unspecified atom stereocenters. The summed E-state index contributed by atoms with van der Waals surface area (Å²) in [5.74, 6) is 0.676. The van der Waals surface area contributed by atoms with E-state index >= 15 is 0 Å². The fraction of sp³-hybridized carbons (Fsp3) is 0. The van der Waals surface area contributed by atoms with Crippen LogP contribution in [0.15, 0.2) is 205 Å². The van der Waals surface area contributed by atoms with Gasteiger partial charge in [0.05, 0.1) is 11.4 Å². The van der Waals surface area contributed by atoms with Crippen LogP contribution in [0.3, 0.4) is 0 Å². The summed E-state index contributed by atoms with van der Waals surface area (Å²) in [5, 5.41) is 4.40. The summed E-state index contributed by atoms with van der Waals surface area (Å²) < 4.78 is 6.74. The molecule has 8 aromatic carbocycles. The van der Waals surface area contributed by atoms with Crippen LogP contribution in [0.2, 0.25) is 0 Å². The molecule has 0 aliphatic carbocycles. The van der Waals surface area contributed by atoms with Crippen molar-refractivity contribution in [1.29, 1.82) is 0 Å². The van der Waals surface area contributed by atoms with Gasteiger partial charge < -0.3 is 9.32 Å². The lowest BCUT2D eigenvalue weighted by molar-refractivity contribution is 0.669. The van der Waals surface area contributed by atoms with Gasteiger partial charge in [-0.25, -0.2) is 9.97 Å². The molecule has 0 aliphatic heterocycles. The summed E-state index contributed by atoms with van der Waals surface area (Å²) in [5.41, 5.74) is 11.7. The minimum Gasteiger partial charge on any atom is -0.456 e. The maximum atomic E-state index is 6.74. The van der Waals surface area contributed by atoms with E-state index in [1.807, 2.05) is 48.5 Å². The number of aromatic nitrogens is 2. The second-order valence-corrected chi connectivity index (χ2v) is 13.4. The van der Waals surface area contributed by atoms with Gasteiger partial charge in [-0.15, -0.1) is 0 Å². The van der Waals surface area contributed by atoms with Crippen LogP contribution in [0.5, 0.6) is 0 Å². The van der Waals surface area contributed by atoms with E-state index in [1.54, 1.807) is 0 Å². The number of para-hydroxylation sites is 2. The summed E-state index contributed by atoms with van der Waals surface area (Å²) in [7, 11) is 0. The molecule has 0 aliphatic rings. The Balaban J connectivity index is 1.19. The molecule has 4 heteroatoms. The van der Waals surface area contributed by atoms with E-state index in [1.165, 1.54) is 0 Å². The third kappa shape index (κ3) is 5.76. The highest BCUT2D eigenvalue weighted by molar-refractivity contribution is 6.16. The molecule has 10 rings (SSSR count). The van der Waals surface area contributed by atoms with Crippen molar-refractivity contribution < 1.29 is 4.42 Å². The highest BCUT2D eigenvalue weighted by atomic mass is 16.3. The molecule has 0 radical (unpaired) electrons. The first kappa shape index (κ1) is 31.4. The summed E-state index contributed by atoms with van der Waals surface area (Å²) in [6, 6.07) is 69.6. The predicted molar refractivity (Wildman–Crippen MR) is 223 cm³/mol. The molecule has 54 heavy (non-hydrogen) atoms. The normalized spacial score (nSPS) is 11.3. The van der Waals surface area contributed by atoms with Crippen LogP contribution >= 0.6 is 0 Å². The molecular weight excluding hydrogens is 659 g/mol. The first-order valence-corrected chi connectivity index (χ1v) is 18.2. The second kappa shape index (κ2) is 13.4. The molecule has 0 saturated carbocycles. The Morgan fingerprint density at radius 1 is 0.370 bits per heavy atom. The predicted octanol–water partition coefficient (Wildman–Crippen LogP) is 13.7. The van der Waals surface area contributed by atoms with E-state index in [9.17, 15) is 0 Å². The standard InChI is InChI=1S/C50H33N3O/c1-5-15-35(16-6-1)45-33-46(52-50(51-45)36-17-7-2-8-18-36)43-30-39(32-48-49(43)44-29-37-19-13-14-20-38(37)31-47(44)54-48)34-25-27-42(28-26-34)53(40-21-9-3-10-22-40)41-23-11-4-12-24-41/h1-33H. The van der Waals surface area contributed by atoms with Crippen LogP contribution in [-0.4, -0.2) is 9.97 Å². The molecule has 0 saturated heterocycles. The molecule has 0 N–H and O–H groups in total. The molecule has 0 spiro atoms. The van der Waals surface area contributed by atoms with Crippen molar-refractivity contribution in [2.24, 2.45) is 0 Å². The summed E-state index contributed by atoms with van der Waals surface area (Å²) in [6.07, 6.45) is 0. The minimum atomic E-state index is 0.676. The molecule has 2 aromatic heterocycles. The Morgan fingerprint density at radius 3 is 1.56 bits per heavy atom. The zero-order valence-corrected chi connectivity index (χ0v) is 29.3. The van der Waals surface area contributed by atoms with Crippen LogP contribution in [-0.2, 0) is 0 Å². The third-order valence-corrected chi connectivity index (χ3v) is 10.0. The fourth-order valence-corrected chi connectivity index (χ4v) is 7.42. The van der Waals surface area contributed by atoms with Gasteiger partial charge in [0.25, 0.3) is 0 Å². The largest absolute Gasteiger partial charge is 0.456 e. The SMILES string of the molecule is c1ccc(-c2cc(-c3cc(-c4ccc(N(c5ccccc5)c5ccccc5)cc4)cc4oc5cc6ccccc6cc5c34)nc(-c3ccccc3)n2)cc1. The molecule has 254 valence electrons. The van der Waals surface area contributed by atoms with Crippen LogP contribution < -0.4 is 4.90 Å². The van der Waals surface area contributed by atoms with Crippen LogP contribution in [0.1, 0.15) is 0 Å². The lowest BCUT2D eigenvalue weighted by Gasteiger charge is -2.25. The quantitative estimate of drug-likeness (QED) is 0.167. The molecule has 0 atom stereocenters. The Morgan fingerprint density at radius 2 is 0.907 bits per heavy atom. The lowest BCUT2D eigenvalue weighted by atomic mass is 9.95. The van der Waals surface area contributed by atoms with Gasteiger partial charge in [0.2, 0.25) is 0 Å². The number of rotatable bonds is 7. The van der Waals surface area contributed by atoms with Crippen molar-refractivity contribution in [3.05, 3.63) is 200 Å². The minimum absolute atomic E-state index is 0.676. The van der Waals surface area contributed by atoms with E-state index in [0.29, 0.717) is 5.82 Å². The Hall–Kier alpha value is -7.30. The molecule has 0 amide bonds. The van der Waals surface area contributed by atoms with Gasteiger partial charge in [-0.1, -0.05) is 133 Å². The Labute approximate surface area is 313 Å². The highest BCUT2D eigenvalue weighted by Crippen LogP contribution is 2.43. The summed E-state index contributed by atoms with van der Waals surface area (Å²) >= 11 is 0. The van der Waals surface area contributed by atoms with Crippen molar-refractivity contribution in [3.8, 4) is 45.0 Å². The topological polar surface area (TPSA) is 42.2 Å². The average molecular weight is 692 g/mol. The van der Waals surface area contributed by atoms with E-state index < -0.39 is 0 Å². The van der Waals surface area contributed by atoms with E-state index in [4.69, 9.17) is 14.4 Å². The maximum Gasteiger partial charge on any atom is 0.160 e. The average Bonchev–Trinajstić information content (AvgIpc) is 3.61. The number of nitrogens with zero attached hydrogens (tertiary/aromatic N) is 3. The number of anilines is 3. The summed E-state index contributed by atoms with van der Waals surface area (Å²) in [6.45, 7) is 0. The number of furan rings is 1. The zero-order chi connectivity index (χ0) is 35.8. The van der Waals surface area contributed by atoms with Gasteiger partial charge in [0, 0.05) is 44.5 Å². The Kier molecular flexibility index (Phi) is 7.77. The Bertz CT molecular complexity index is 2810. The number of fused-ring (bicyclic) bond motifs is 4. The first-order valence-electron chi connectivity index (χ1n) is 18.2. The van der Waals surface area contributed by atoms with Crippen LogP contribution in [0.4, 0.5) is 17.1 Å². The molecule has 0 bridgehead atoms. The first-order chi connectivity index (χ1) is 26.7. The molecule has 0 fully saturated rings. The van der Waals surface area contributed by atoms with Crippen molar-refractivity contribution in [1.82, 2.24) is 9.97 Å². The van der Waals surface area contributed by atoms with Gasteiger partial charge in [-0.3, -0.25) is 0 Å². The molecular formula is C50H33N3O. The molecule has 2 heterocycles. The molecule has 10 aromatic rings. The van der Waals surface area contributed by atoms with Crippen molar-refractivity contribution >= 4 is 49.8 Å². The smallest absolute Gasteiger partial charge is 0.160 e. The van der Waals surface area contributed by atoms with Gasteiger partial charge in [-0.2, -0.15) is 0 Å². The van der Waals surface area contributed by atoms with E-state index in [-0.39, 0.29) is 0 Å². The monoisotopic (exact) mass is 691 g/mol. The fourth-order valence-electron chi connectivity index (χ4n) is 7.42. The third-order valence-electron chi connectivity index (χ3n) is 10.0. The van der Waals surface area contributed by atoms with E-state index in [0.717, 1.165) is 89.0 Å². The van der Waals surface area contributed by atoms with Crippen molar-refractivity contribution in [3.63, 3.8) is 0 Å². The molecule has 4 nitrogen and oxygen atoms in total. The van der Waals surface area contributed by atoms with Gasteiger partial charge in [-0.05, 0) is 88.6 Å². The second-order valence-electron chi connectivity index (χ2n) is 13.4. The zero-order valence-electron chi connectivity index (χ0n) is 29.3.